The van der Waals surface area contributed by atoms with E-state index in [0.717, 1.165) is 0 Å². The molecule has 0 aliphatic heterocycles. The van der Waals surface area contributed by atoms with E-state index >= 15 is 0 Å². The van der Waals surface area contributed by atoms with Gasteiger partial charge in [-0.1, -0.05) is 25.4 Å². The zero-order valence-corrected chi connectivity index (χ0v) is 13.8. The van der Waals surface area contributed by atoms with Gasteiger partial charge in [-0.15, -0.1) is 0 Å². The van der Waals surface area contributed by atoms with Gasteiger partial charge in [0.25, 0.3) is 0 Å². The van der Waals surface area contributed by atoms with Crippen LogP contribution in [0.1, 0.15) is 20.3 Å². The van der Waals surface area contributed by atoms with Gasteiger partial charge in [-0.3, -0.25) is 9.59 Å². The Morgan fingerprint density at radius 1 is 1.27 bits per heavy atom. The third-order valence-electron chi connectivity index (χ3n) is 3.45. The number of benzene rings is 1. The van der Waals surface area contributed by atoms with Crippen LogP contribution in [0.2, 0.25) is 5.02 Å². The molecule has 0 bridgehead atoms. The molecule has 1 rings (SSSR count). The largest absolute Gasteiger partial charge is 0.492 e. The zero-order chi connectivity index (χ0) is 16.7. The minimum Gasteiger partial charge on any atom is -0.492 e. The maximum atomic E-state index is 12.0. The first-order valence-electron chi connectivity index (χ1n) is 7.16. The molecule has 6 heteroatoms. The number of aliphatic carboxylic acids is 1. The molecule has 0 aliphatic rings. The molecule has 1 amide bonds. The molecule has 1 aromatic carbocycles. The lowest BCUT2D eigenvalue weighted by atomic mass is 9.92. The zero-order valence-electron chi connectivity index (χ0n) is 13.1. The number of carboxylic acids is 1. The van der Waals surface area contributed by atoms with Gasteiger partial charge in [0.15, 0.2) is 0 Å². The second-order valence-electron chi connectivity index (χ2n) is 5.51. The number of amides is 1. The minimum absolute atomic E-state index is 0.00441. The highest BCUT2D eigenvalue weighted by Gasteiger charge is 2.25. The summed E-state index contributed by atoms with van der Waals surface area (Å²) in [5.74, 6) is -1.20. The fourth-order valence-electron chi connectivity index (χ4n) is 1.91. The van der Waals surface area contributed by atoms with Gasteiger partial charge in [-0.2, -0.15) is 0 Å². The molecular weight excluding hydrogens is 306 g/mol. The van der Waals surface area contributed by atoms with Crippen molar-refractivity contribution in [2.45, 2.75) is 20.3 Å². The van der Waals surface area contributed by atoms with E-state index < -0.39 is 11.9 Å². The molecule has 0 heterocycles. The van der Waals surface area contributed by atoms with Gasteiger partial charge < -0.3 is 14.7 Å². The van der Waals surface area contributed by atoms with E-state index in [4.69, 9.17) is 21.4 Å². The van der Waals surface area contributed by atoms with Crippen molar-refractivity contribution in [3.63, 3.8) is 0 Å². The maximum Gasteiger partial charge on any atom is 0.307 e. The van der Waals surface area contributed by atoms with E-state index in [1.54, 1.807) is 45.2 Å². The number of hydrogen-bond acceptors (Lipinski definition) is 3. The number of ether oxygens (including phenoxy) is 1. The lowest BCUT2D eigenvalue weighted by Crippen LogP contribution is -2.34. The first kappa shape index (κ1) is 18.3. The van der Waals surface area contributed by atoms with Crippen molar-refractivity contribution in [2.24, 2.45) is 11.8 Å². The fraction of sp³-hybridized carbons (Fsp3) is 0.500. The maximum absolute atomic E-state index is 12.0. The van der Waals surface area contributed by atoms with E-state index in [9.17, 15) is 9.59 Å². The Labute approximate surface area is 135 Å². The highest BCUT2D eigenvalue weighted by atomic mass is 35.5. The average molecular weight is 328 g/mol. The highest BCUT2D eigenvalue weighted by Crippen LogP contribution is 2.17. The first-order chi connectivity index (χ1) is 10.3. The topological polar surface area (TPSA) is 66.8 Å². The van der Waals surface area contributed by atoms with E-state index in [2.05, 4.69) is 0 Å². The molecule has 122 valence electrons. The third-order valence-corrected chi connectivity index (χ3v) is 3.70. The quantitative estimate of drug-likeness (QED) is 0.797. The molecule has 0 fully saturated rings. The van der Waals surface area contributed by atoms with E-state index in [1.165, 1.54) is 4.90 Å². The molecular formula is C16H22ClNO4. The molecule has 1 N–H and O–H groups in total. The van der Waals surface area contributed by atoms with Gasteiger partial charge in [0.2, 0.25) is 5.91 Å². The van der Waals surface area contributed by atoms with Crippen molar-refractivity contribution in [3.05, 3.63) is 29.3 Å². The molecule has 22 heavy (non-hydrogen) atoms. The summed E-state index contributed by atoms with van der Waals surface area (Å²) < 4.78 is 5.51. The van der Waals surface area contributed by atoms with E-state index in [0.29, 0.717) is 23.9 Å². The van der Waals surface area contributed by atoms with Crippen LogP contribution in [-0.4, -0.2) is 42.1 Å². The molecule has 0 saturated carbocycles. The Morgan fingerprint density at radius 3 is 2.36 bits per heavy atom. The van der Waals surface area contributed by atoms with Gasteiger partial charge >= 0.3 is 5.97 Å². The van der Waals surface area contributed by atoms with E-state index in [-0.39, 0.29) is 18.2 Å². The summed E-state index contributed by atoms with van der Waals surface area (Å²) in [6.45, 7) is 4.33. The standard InChI is InChI=1S/C16H22ClNO4/c1-11(2)14(16(20)21)10-15(19)18(3)8-9-22-13-6-4-12(17)5-7-13/h4-7,11,14H,8-10H2,1-3H3,(H,20,21). The van der Waals surface area contributed by atoms with Crippen molar-refractivity contribution in [3.8, 4) is 5.75 Å². The molecule has 0 aliphatic carbocycles. The lowest BCUT2D eigenvalue weighted by Gasteiger charge is -2.21. The number of likely N-dealkylation sites (N-methyl/N-ethyl adjacent to an activating group) is 1. The number of carbonyl (C=O) groups excluding carboxylic acids is 1. The van der Waals surface area contributed by atoms with Gasteiger partial charge in [0.1, 0.15) is 12.4 Å². The predicted octanol–water partition coefficient (Wildman–Crippen LogP) is 2.92. The summed E-state index contributed by atoms with van der Waals surface area (Å²) in [6, 6.07) is 6.96. The predicted molar refractivity (Wildman–Crippen MR) is 85.2 cm³/mol. The summed E-state index contributed by atoms with van der Waals surface area (Å²) >= 11 is 5.78. The summed E-state index contributed by atoms with van der Waals surface area (Å²) in [4.78, 5) is 24.7. The van der Waals surface area contributed by atoms with Gasteiger partial charge in [-0.25, -0.2) is 0 Å². The number of carbonyl (C=O) groups is 2. The summed E-state index contributed by atoms with van der Waals surface area (Å²) in [5, 5.41) is 9.75. The first-order valence-corrected chi connectivity index (χ1v) is 7.54. The number of hydrogen-bond donors (Lipinski definition) is 1. The Kier molecular flexibility index (Phi) is 7.18. The van der Waals surface area contributed by atoms with Crippen LogP contribution in [0.15, 0.2) is 24.3 Å². The van der Waals surface area contributed by atoms with E-state index in [1.807, 2.05) is 0 Å². The van der Waals surface area contributed by atoms with Crippen LogP contribution in [0.4, 0.5) is 0 Å². The molecule has 1 atom stereocenters. The van der Waals surface area contributed by atoms with Crippen molar-refractivity contribution >= 4 is 23.5 Å². The third kappa shape index (κ3) is 5.93. The summed E-state index contributed by atoms with van der Waals surface area (Å²) in [6.07, 6.45) is 0.00441. The second-order valence-corrected chi connectivity index (χ2v) is 5.95. The Balaban J connectivity index is 2.40. The molecule has 0 spiro atoms. The van der Waals surface area contributed by atoms with Crippen LogP contribution in [0.3, 0.4) is 0 Å². The fourth-order valence-corrected chi connectivity index (χ4v) is 2.03. The number of halogens is 1. The molecule has 1 aromatic rings. The Hall–Kier alpha value is -1.75. The molecule has 0 aromatic heterocycles. The summed E-state index contributed by atoms with van der Waals surface area (Å²) in [7, 11) is 1.65. The van der Waals surface area contributed by atoms with Crippen LogP contribution < -0.4 is 4.74 Å². The average Bonchev–Trinajstić information content (AvgIpc) is 2.45. The van der Waals surface area contributed by atoms with Crippen LogP contribution in [0.5, 0.6) is 5.75 Å². The van der Waals surface area contributed by atoms with Crippen LogP contribution in [0.25, 0.3) is 0 Å². The lowest BCUT2D eigenvalue weighted by molar-refractivity contribution is -0.147. The number of rotatable bonds is 8. The second kappa shape index (κ2) is 8.63. The molecule has 1 unspecified atom stereocenters. The van der Waals surface area contributed by atoms with Gasteiger partial charge in [0.05, 0.1) is 12.5 Å². The molecule has 0 radical (unpaired) electrons. The minimum atomic E-state index is -0.936. The van der Waals surface area contributed by atoms with Gasteiger partial charge in [-0.05, 0) is 30.2 Å². The Bertz CT molecular complexity index is 501. The molecule has 5 nitrogen and oxygen atoms in total. The van der Waals surface area contributed by atoms with Crippen LogP contribution in [0, 0.1) is 11.8 Å². The SMILES string of the molecule is CC(C)C(CC(=O)N(C)CCOc1ccc(Cl)cc1)C(=O)O. The monoisotopic (exact) mass is 327 g/mol. The van der Waals surface area contributed by atoms with Crippen molar-refractivity contribution < 1.29 is 19.4 Å². The van der Waals surface area contributed by atoms with Crippen molar-refractivity contribution in [1.29, 1.82) is 0 Å². The highest BCUT2D eigenvalue weighted by molar-refractivity contribution is 6.30. The number of carboxylic acid groups (broad SMARTS) is 1. The smallest absolute Gasteiger partial charge is 0.307 e. The molecule has 0 saturated heterocycles. The van der Waals surface area contributed by atoms with Gasteiger partial charge in [0, 0.05) is 18.5 Å². The normalized spacial score (nSPS) is 12.0. The number of nitrogens with zero attached hydrogens (tertiary/aromatic N) is 1. The van der Waals surface area contributed by atoms with Crippen molar-refractivity contribution in [1.82, 2.24) is 4.90 Å². The van der Waals surface area contributed by atoms with Crippen LogP contribution >= 0.6 is 11.6 Å². The van der Waals surface area contributed by atoms with Crippen molar-refractivity contribution in [2.75, 3.05) is 20.2 Å². The van der Waals surface area contributed by atoms with Crippen LogP contribution in [-0.2, 0) is 9.59 Å². The summed E-state index contributed by atoms with van der Waals surface area (Å²) in [5.41, 5.74) is 0. The Morgan fingerprint density at radius 2 is 1.86 bits per heavy atom.